The van der Waals surface area contributed by atoms with Crippen LogP contribution in [0.4, 0.5) is 5.82 Å². The zero-order valence-corrected chi connectivity index (χ0v) is 9.02. The molecule has 7 nitrogen and oxygen atoms in total. The number of aromatic nitrogens is 3. The van der Waals surface area contributed by atoms with E-state index in [-0.39, 0.29) is 18.5 Å². The second-order valence-corrected chi connectivity index (χ2v) is 3.93. The minimum Gasteiger partial charge on any atom is -0.381 e. The number of nitrogen functional groups attached to an aromatic ring is 1. The molecule has 0 saturated carbocycles. The van der Waals surface area contributed by atoms with Crippen LogP contribution in [0.25, 0.3) is 0 Å². The van der Waals surface area contributed by atoms with Crippen LogP contribution in [-0.4, -0.2) is 40.0 Å². The van der Waals surface area contributed by atoms with Gasteiger partial charge in [0.05, 0.1) is 6.20 Å². The standard InChI is InChI=1S/C9H16N6O/c10-8-5-15(14-13-8)6-9(16)12-7-1-3-11-4-2-7/h5,7,11H,1-4,6,10H2,(H,12,16). The molecule has 2 heterocycles. The van der Waals surface area contributed by atoms with E-state index in [1.807, 2.05) is 0 Å². The Balaban J connectivity index is 1.79. The van der Waals surface area contributed by atoms with Crippen LogP contribution in [0.5, 0.6) is 0 Å². The van der Waals surface area contributed by atoms with E-state index in [0.29, 0.717) is 5.82 Å². The van der Waals surface area contributed by atoms with Crippen molar-refractivity contribution in [1.29, 1.82) is 0 Å². The third-order valence-corrected chi connectivity index (χ3v) is 2.57. The number of amides is 1. The van der Waals surface area contributed by atoms with Gasteiger partial charge in [-0.15, -0.1) is 5.10 Å². The molecule has 88 valence electrons. The SMILES string of the molecule is Nc1cn(CC(=O)NC2CCNCC2)nn1. The predicted molar refractivity (Wildman–Crippen MR) is 58.5 cm³/mol. The lowest BCUT2D eigenvalue weighted by Gasteiger charge is -2.23. The van der Waals surface area contributed by atoms with Gasteiger partial charge in [-0.2, -0.15) is 0 Å². The number of rotatable bonds is 3. The summed E-state index contributed by atoms with van der Waals surface area (Å²) in [4.78, 5) is 11.6. The largest absolute Gasteiger partial charge is 0.381 e. The highest BCUT2D eigenvalue weighted by Crippen LogP contribution is 2.02. The number of nitrogens with zero attached hydrogens (tertiary/aromatic N) is 3. The molecule has 0 bridgehead atoms. The van der Waals surface area contributed by atoms with Crippen molar-refractivity contribution in [3.05, 3.63) is 6.20 Å². The maximum Gasteiger partial charge on any atom is 0.242 e. The van der Waals surface area contributed by atoms with E-state index in [1.165, 1.54) is 4.68 Å². The Kier molecular flexibility index (Phi) is 3.35. The lowest BCUT2D eigenvalue weighted by atomic mass is 10.1. The molecule has 7 heteroatoms. The van der Waals surface area contributed by atoms with Gasteiger partial charge in [0.25, 0.3) is 0 Å². The fraction of sp³-hybridized carbons (Fsp3) is 0.667. The van der Waals surface area contributed by atoms with Crippen LogP contribution >= 0.6 is 0 Å². The summed E-state index contributed by atoms with van der Waals surface area (Å²) in [6.07, 6.45) is 3.50. The Bertz CT molecular complexity index is 357. The summed E-state index contributed by atoms with van der Waals surface area (Å²) in [5, 5.41) is 13.5. The third kappa shape index (κ3) is 2.93. The van der Waals surface area contributed by atoms with Gasteiger partial charge in [0.1, 0.15) is 6.54 Å². The molecule has 0 spiro atoms. The van der Waals surface area contributed by atoms with Gasteiger partial charge in [-0.25, -0.2) is 4.68 Å². The maximum atomic E-state index is 11.6. The molecule has 1 aromatic rings. The van der Waals surface area contributed by atoms with Crippen LogP contribution in [0, 0.1) is 0 Å². The topological polar surface area (TPSA) is 97.9 Å². The second kappa shape index (κ2) is 4.93. The number of nitrogens with one attached hydrogen (secondary N) is 2. The lowest BCUT2D eigenvalue weighted by molar-refractivity contribution is -0.122. The van der Waals surface area contributed by atoms with Crippen LogP contribution in [0.2, 0.25) is 0 Å². The summed E-state index contributed by atoms with van der Waals surface area (Å²) in [5.74, 6) is 0.284. The summed E-state index contributed by atoms with van der Waals surface area (Å²) in [6.45, 7) is 2.09. The Morgan fingerprint density at radius 3 is 3.00 bits per heavy atom. The third-order valence-electron chi connectivity index (χ3n) is 2.57. The van der Waals surface area contributed by atoms with E-state index < -0.39 is 0 Å². The monoisotopic (exact) mass is 224 g/mol. The maximum absolute atomic E-state index is 11.6. The molecular formula is C9H16N6O. The number of hydrogen-bond donors (Lipinski definition) is 3. The first-order chi connectivity index (χ1) is 7.74. The van der Waals surface area contributed by atoms with Crippen molar-refractivity contribution < 1.29 is 4.79 Å². The van der Waals surface area contributed by atoms with Crippen LogP contribution < -0.4 is 16.4 Å². The number of hydrogen-bond acceptors (Lipinski definition) is 5. The second-order valence-electron chi connectivity index (χ2n) is 3.93. The van der Waals surface area contributed by atoms with E-state index in [2.05, 4.69) is 20.9 Å². The van der Waals surface area contributed by atoms with Crippen molar-refractivity contribution in [3.63, 3.8) is 0 Å². The van der Waals surface area contributed by atoms with Crippen LogP contribution in [0.1, 0.15) is 12.8 Å². The highest BCUT2D eigenvalue weighted by Gasteiger charge is 2.15. The number of piperidine rings is 1. The molecule has 1 fully saturated rings. The molecule has 1 saturated heterocycles. The zero-order chi connectivity index (χ0) is 11.4. The molecule has 0 radical (unpaired) electrons. The van der Waals surface area contributed by atoms with E-state index in [1.54, 1.807) is 6.20 Å². The van der Waals surface area contributed by atoms with Crippen LogP contribution in [-0.2, 0) is 11.3 Å². The average Bonchev–Trinajstić information content (AvgIpc) is 2.65. The van der Waals surface area contributed by atoms with Crippen molar-refractivity contribution in [2.75, 3.05) is 18.8 Å². The first kappa shape index (κ1) is 10.9. The molecule has 1 aliphatic rings. The van der Waals surface area contributed by atoms with Gasteiger partial charge in [0.15, 0.2) is 5.82 Å². The number of carbonyl (C=O) groups is 1. The molecule has 0 unspecified atom stereocenters. The smallest absolute Gasteiger partial charge is 0.242 e. The van der Waals surface area contributed by atoms with Gasteiger partial charge in [-0.3, -0.25) is 4.79 Å². The van der Waals surface area contributed by atoms with Gasteiger partial charge in [-0.05, 0) is 25.9 Å². The van der Waals surface area contributed by atoms with Gasteiger partial charge in [0, 0.05) is 6.04 Å². The molecule has 1 amide bonds. The Morgan fingerprint density at radius 1 is 1.62 bits per heavy atom. The number of anilines is 1. The van der Waals surface area contributed by atoms with Crippen LogP contribution in [0.15, 0.2) is 6.20 Å². The lowest BCUT2D eigenvalue weighted by Crippen LogP contribution is -2.43. The minimum atomic E-state index is -0.0446. The van der Waals surface area contributed by atoms with Gasteiger partial charge in [0.2, 0.25) is 5.91 Å². The molecule has 0 aliphatic carbocycles. The van der Waals surface area contributed by atoms with E-state index in [4.69, 9.17) is 5.73 Å². The quantitative estimate of drug-likeness (QED) is 0.594. The van der Waals surface area contributed by atoms with Crippen molar-refractivity contribution in [3.8, 4) is 0 Å². The molecule has 2 rings (SSSR count). The highest BCUT2D eigenvalue weighted by atomic mass is 16.2. The molecule has 4 N–H and O–H groups in total. The minimum absolute atomic E-state index is 0.0446. The zero-order valence-electron chi connectivity index (χ0n) is 9.02. The average molecular weight is 224 g/mol. The van der Waals surface area contributed by atoms with E-state index >= 15 is 0 Å². The number of nitrogens with two attached hydrogens (primary N) is 1. The van der Waals surface area contributed by atoms with Gasteiger partial charge >= 0.3 is 0 Å². The summed E-state index contributed by atoms with van der Waals surface area (Å²) < 4.78 is 1.44. The Hall–Kier alpha value is -1.63. The highest BCUT2D eigenvalue weighted by molar-refractivity contribution is 5.76. The Labute approximate surface area is 93.4 Å². The summed E-state index contributed by atoms with van der Waals surface area (Å²) in [6, 6.07) is 0.273. The van der Waals surface area contributed by atoms with Crippen molar-refractivity contribution in [1.82, 2.24) is 25.6 Å². The molecule has 0 atom stereocenters. The van der Waals surface area contributed by atoms with Gasteiger partial charge in [-0.1, -0.05) is 5.21 Å². The van der Waals surface area contributed by atoms with Crippen molar-refractivity contribution >= 4 is 11.7 Å². The van der Waals surface area contributed by atoms with Crippen LogP contribution in [0.3, 0.4) is 0 Å². The first-order valence-corrected chi connectivity index (χ1v) is 5.40. The summed E-state index contributed by atoms with van der Waals surface area (Å²) >= 11 is 0. The molecule has 1 aromatic heterocycles. The number of carbonyl (C=O) groups excluding carboxylic acids is 1. The van der Waals surface area contributed by atoms with Crippen molar-refractivity contribution in [2.24, 2.45) is 0 Å². The molecule has 16 heavy (non-hydrogen) atoms. The first-order valence-electron chi connectivity index (χ1n) is 5.40. The predicted octanol–water partition coefficient (Wildman–Crippen LogP) is -1.27. The van der Waals surface area contributed by atoms with E-state index in [9.17, 15) is 4.79 Å². The van der Waals surface area contributed by atoms with E-state index in [0.717, 1.165) is 25.9 Å². The van der Waals surface area contributed by atoms with Crippen molar-refractivity contribution in [2.45, 2.75) is 25.4 Å². The molecular weight excluding hydrogens is 208 g/mol. The fourth-order valence-corrected chi connectivity index (χ4v) is 1.78. The van der Waals surface area contributed by atoms with Gasteiger partial charge < -0.3 is 16.4 Å². The summed E-state index contributed by atoms with van der Waals surface area (Å²) in [5.41, 5.74) is 5.40. The normalized spacial score (nSPS) is 17.2. The molecule has 0 aromatic carbocycles. The molecule has 1 aliphatic heterocycles. The Morgan fingerprint density at radius 2 is 2.38 bits per heavy atom. The fourth-order valence-electron chi connectivity index (χ4n) is 1.78. The summed E-state index contributed by atoms with van der Waals surface area (Å²) in [7, 11) is 0.